The standard InChI is InChI=1S/C56H109NO14/c1-3-5-7-9-11-13-15-17-18-19-20-21-22-23-24-25-26-27-29-31-33-35-37-39-47(60)57-43(48(61)44(59)38-36-34-32-30-28-16-14-12-10-8-6-4-2)41-68-55-54(67)52(65)50(63)46(71-55)42-69-56-53(66)51(64)49(62)45(40-58)70-56/h43-46,48-56,58-59,61-67H,3-42H2,1-2H3,(H,57,60)/t43-,44+,45+,46+,48-,49-,50-,51-,52-,53+,54+,55-,56?/m0/s1. The molecule has 0 bridgehead atoms. The van der Waals surface area contributed by atoms with Crippen LogP contribution in [-0.2, 0) is 23.7 Å². The summed E-state index contributed by atoms with van der Waals surface area (Å²) in [4.78, 5) is 13.3. The summed E-state index contributed by atoms with van der Waals surface area (Å²) in [5, 5.41) is 97.7. The summed E-state index contributed by atoms with van der Waals surface area (Å²) in [5.74, 6) is -0.315. The number of rotatable bonds is 47. The van der Waals surface area contributed by atoms with Crippen LogP contribution in [0.1, 0.15) is 251 Å². The van der Waals surface area contributed by atoms with Crippen molar-refractivity contribution in [2.75, 3.05) is 19.8 Å². The normalized spacial score (nSPS) is 26.1. The van der Waals surface area contributed by atoms with Gasteiger partial charge in [-0.2, -0.15) is 0 Å². The lowest BCUT2D eigenvalue weighted by Gasteiger charge is -2.43. The van der Waals surface area contributed by atoms with Crippen molar-refractivity contribution in [2.45, 2.75) is 331 Å². The molecule has 2 aliphatic heterocycles. The molecule has 1 unspecified atom stereocenters. The lowest BCUT2D eigenvalue weighted by atomic mass is 9.98. The maximum absolute atomic E-state index is 13.3. The molecule has 0 aromatic carbocycles. The Labute approximate surface area is 430 Å². The largest absolute Gasteiger partial charge is 0.394 e. The van der Waals surface area contributed by atoms with E-state index in [1.165, 1.54) is 173 Å². The summed E-state index contributed by atoms with van der Waals surface area (Å²) in [6.45, 7) is 2.88. The highest BCUT2D eigenvalue weighted by Crippen LogP contribution is 2.27. The van der Waals surface area contributed by atoms with Gasteiger partial charge in [-0.3, -0.25) is 4.79 Å². The van der Waals surface area contributed by atoms with Crippen LogP contribution in [0.4, 0.5) is 0 Å². The van der Waals surface area contributed by atoms with E-state index in [0.29, 0.717) is 19.3 Å². The number of carbonyl (C=O) groups is 1. The summed E-state index contributed by atoms with van der Waals surface area (Å²) >= 11 is 0. The van der Waals surface area contributed by atoms with E-state index < -0.39 is 99.5 Å². The summed E-state index contributed by atoms with van der Waals surface area (Å²) in [6, 6.07) is -1.09. The first kappa shape index (κ1) is 66.1. The molecule has 0 saturated carbocycles. The van der Waals surface area contributed by atoms with Crippen LogP contribution in [0, 0.1) is 0 Å². The van der Waals surface area contributed by atoms with Crippen LogP contribution in [0.3, 0.4) is 0 Å². The van der Waals surface area contributed by atoms with Crippen LogP contribution < -0.4 is 5.32 Å². The number of nitrogens with one attached hydrogen (secondary N) is 1. The molecule has 71 heavy (non-hydrogen) atoms. The Morgan fingerprint density at radius 3 is 1.18 bits per heavy atom. The van der Waals surface area contributed by atoms with E-state index in [1.807, 2.05) is 0 Å². The van der Waals surface area contributed by atoms with Gasteiger partial charge in [0.05, 0.1) is 32.0 Å². The second-order valence-corrected chi connectivity index (χ2v) is 21.3. The molecule has 15 nitrogen and oxygen atoms in total. The van der Waals surface area contributed by atoms with Crippen LogP contribution in [0.2, 0.25) is 0 Å². The number of aliphatic hydroxyl groups is 9. The predicted molar refractivity (Wildman–Crippen MR) is 278 cm³/mol. The average Bonchev–Trinajstić information content (AvgIpc) is 3.37. The van der Waals surface area contributed by atoms with Crippen LogP contribution >= 0.6 is 0 Å². The summed E-state index contributed by atoms with van der Waals surface area (Å²) in [7, 11) is 0. The van der Waals surface area contributed by atoms with E-state index >= 15 is 0 Å². The molecule has 2 rings (SSSR count). The molecule has 2 fully saturated rings. The zero-order valence-corrected chi connectivity index (χ0v) is 44.9. The van der Waals surface area contributed by atoms with Crippen molar-refractivity contribution in [1.82, 2.24) is 5.32 Å². The van der Waals surface area contributed by atoms with Gasteiger partial charge in [0, 0.05) is 6.42 Å². The summed E-state index contributed by atoms with van der Waals surface area (Å²) in [6.07, 6.45) is 25.5. The van der Waals surface area contributed by atoms with Crippen molar-refractivity contribution in [3.8, 4) is 0 Å². The fourth-order valence-corrected chi connectivity index (χ4v) is 9.99. The van der Waals surface area contributed by atoms with Gasteiger partial charge in [-0.25, -0.2) is 0 Å². The van der Waals surface area contributed by atoms with Crippen LogP contribution in [0.15, 0.2) is 0 Å². The molecule has 2 heterocycles. The molecule has 0 radical (unpaired) electrons. The van der Waals surface area contributed by atoms with Crippen molar-refractivity contribution < 1.29 is 69.7 Å². The Morgan fingerprint density at radius 1 is 0.451 bits per heavy atom. The summed E-state index contributed by atoms with van der Waals surface area (Å²) in [5.41, 5.74) is 0. The zero-order valence-electron chi connectivity index (χ0n) is 44.9. The summed E-state index contributed by atoms with van der Waals surface area (Å²) < 4.78 is 22.5. The van der Waals surface area contributed by atoms with Crippen LogP contribution in [0.5, 0.6) is 0 Å². The van der Waals surface area contributed by atoms with Gasteiger partial charge in [-0.15, -0.1) is 0 Å². The first-order chi connectivity index (χ1) is 34.5. The molecule has 1 amide bonds. The number of amides is 1. The van der Waals surface area contributed by atoms with Gasteiger partial charge in [0.15, 0.2) is 12.6 Å². The minimum absolute atomic E-state index is 0.224. The minimum Gasteiger partial charge on any atom is -0.394 e. The molecule has 2 aliphatic rings. The van der Waals surface area contributed by atoms with Gasteiger partial charge >= 0.3 is 0 Å². The third kappa shape index (κ3) is 29.7. The molecular weight excluding hydrogens is 911 g/mol. The number of ether oxygens (including phenoxy) is 4. The molecule has 2 saturated heterocycles. The topological polar surface area (TPSA) is 248 Å². The highest BCUT2D eigenvalue weighted by atomic mass is 16.7. The molecule has 422 valence electrons. The van der Waals surface area contributed by atoms with Crippen molar-refractivity contribution in [3.05, 3.63) is 0 Å². The average molecular weight is 1020 g/mol. The van der Waals surface area contributed by atoms with Gasteiger partial charge in [0.1, 0.15) is 54.9 Å². The molecule has 0 aliphatic carbocycles. The maximum Gasteiger partial charge on any atom is 0.220 e. The molecule has 0 aromatic heterocycles. The lowest BCUT2D eigenvalue weighted by molar-refractivity contribution is -0.331. The fraction of sp³-hybridized carbons (Fsp3) is 0.982. The zero-order chi connectivity index (χ0) is 51.9. The van der Waals surface area contributed by atoms with E-state index in [2.05, 4.69) is 19.2 Å². The molecule has 15 heteroatoms. The van der Waals surface area contributed by atoms with Crippen molar-refractivity contribution in [3.63, 3.8) is 0 Å². The first-order valence-electron chi connectivity index (χ1n) is 29.4. The van der Waals surface area contributed by atoms with Crippen molar-refractivity contribution in [1.29, 1.82) is 0 Å². The Morgan fingerprint density at radius 2 is 0.789 bits per heavy atom. The van der Waals surface area contributed by atoms with Gasteiger partial charge in [0.25, 0.3) is 0 Å². The number of carbonyl (C=O) groups excluding carboxylic acids is 1. The van der Waals surface area contributed by atoms with E-state index in [9.17, 15) is 50.8 Å². The molecule has 0 aromatic rings. The molecule has 10 N–H and O–H groups in total. The monoisotopic (exact) mass is 1020 g/mol. The molecular formula is C56H109NO14. The highest BCUT2D eigenvalue weighted by molar-refractivity contribution is 5.76. The third-order valence-corrected chi connectivity index (χ3v) is 14.9. The second kappa shape index (κ2) is 43.1. The van der Waals surface area contributed by atoms with Gasteiger partial charge in [-0.05, 0) is 12.8 Å². The number of hydrogen-bond donors (Lipinski definition) is 10. The van der Waals surface area contributed by atoms with Crippen molar-refractivity contribution in [2.24, 2.45) is 0 Å². The highest BCUT2D eigenvalue weighted by Gasteiger charge is 2.48. The molecule has 13 atom stereocenters. The Kier molecular flexibility index (Phi) is 40.1. The van der Waals surface area contributed by atoms with Gasteiger partial charge in [-0.1, -0.05) is 232 Å². The van der Waals surface area contributed by atoms with Gasteiger partial charge < -0.3 is 70.2 Å². The minimum atomic E-state index is -1.77. The number of unbranched alkanes of at least 4 members (excludes halogenated alkanes) is 33. The van der Waals surface area contributed by atoms with Gasteiger partial charge in [0.2, 0.25) is 5.91 Å². The smallest absolute Gasteiger partial charge is 0.220 e. The van der Waals surface area contributed by atoms with E-state index in [4.69, 9.17) is 18.9 Å². The SMILES string of the molecule is CCCCCCCCCCCCCCCCCCCCCCCCCC(=O)N[C@@H](CO[C@H]1O[C@H](COC2O[C@H](CO)[C@H](O)[C@H](O)[C@H]2O)[C@H](O)[C@H](O)[C@H]1O)[C@H](O)[C@H](O)CCCCCCCCCCCCCC. The Bertz CT molecular complexity index is 1220. The van der Waals surface area contributed by atoms with E-state index in [0.717, 1.165) is 38.5 Å². The van der Waals surface area contributed by atoms with Crippen LogP contribution in [-0.4, -0.2) is 151 Å². The van der Waals surface area contributed by atoms with Crippen molar-refractivity contribution >= 4 is 5.91 Å². The Hall–Kier alpha value is -1.05. The van der Waals surface area contributed by atoms with E-state index in [-0.39, 0.29) is 12.3 Å². The first-order valence-corrected chi connectivity index (χ1v) is 29.4. The molecule has 0 spiro atoms. The Balaban J connectivity index is 1.75. The second-order valence-electron chi connectivity index (χ2n) is 21.3. The van der Waals surface area contributed by atoms with E-state index in [1.54, 1.807) is 0 Å². The van der Waals surface area contributed by atoms with Crippen LogP contribution in [0.25, 0.3) is 0 Å². The number of hydrogen-bond acceptors (Lipinski definition) is 14. The third-order valence-electron chi connectivity index (χ3n) is 14.9. The fourth-order valence-electron chi connectivity index (χ4n) is 9.99. The number of aliphatic hydroxyl groups excluding tert-OH is 9. The predicted octanol–water partition coefficient (Wildman–Crippen LogP) is 8.31. The quantitative estimate of drug-likeness (QED) is 0.0258. The lowest BCUT2D eigenvalue weighted by Crippen LogP contribution is -2.62. The maximum atomic E-state index is 13.3.